The highest BCUT2D eigenvalue weighted by atomic mass is 32.2. The van der Waals surface area contributed by atoms with Crippen LogP contribution in [0.5, 0.6) is 0 Å². The summed E-state index contributed by atoms with van der Waals surface area (Å²) in [5.41, 5.74) is 7.23. The molecule has 3 atom stereocenters. The quantitative estimate of drug-likeness (QED) is 0.903. The van der Waals surface area contributed by atoms with Crippen LogP contribution in [0.15, 0.2) is 29.2 Å². The average Bonchev–Trinajstić information content (AvgIpc) is 2.85. The Morgan fingerprint density at radius 2 is 1.85 bits per heavy atom. The van der Waals surface area contributed by atoms with Crippen LogP contribution in [-0.4, -0.2) is 31.9 Å². The topological polar surface area (TPSA) is 63.4 Å². The van der Waals surface area contributed by atoms with E-state index >= 15 is 0 Å². The summed E-state index contributed by atoms with van der Waals surface area (Å²) in [6, 6.07) is 7.26. The number of fused-ring (bicyclic) bond motifs is 1. The number of benzene rings is 1. The molecule has 0 aromatic heterocycles. The Morgan fingerprint density at radius 1 is 1.15 bits per heavy atom. The van der Waals surface area contributed by atoms with Gasteiger partial charge in [-0.05, 0) is 43.7 Å². The highest BCUT2D eigenvalue weighted by Gasteiger charge is 2.43. The van der Waals surface area contributed by atoms with E-state index in [9.17, 15) is 8.42 Å². The molecule has 1 saturated heterocycles. The molecule has 4 nitrogen and oxygen atoms in total. The molecule has 110 valence electrons. The van der Waals surface area contributed by atoms with Crippen molar-refractivity contribution < 1.29 is 8.42 Å². The van der Waals surface area contributed by atoms with Gasteiger partial charge in [0.25, 0.3) is 0 Å². The van der Waals surface area contributed by atoms with E-state index in [0.717, 1.165) is 24.8 Å². The van der Waals surface area contributed by atoms with E-state index in [0.29, 0.717) is 29.8 Å². The summed E-state index contributed by atoms with van der Waals surface area (Å²) >= 11 is 0. The molecule has 2 aliphatic rings. The van der Waals surface area contributed by atoms with Crippen LogP contribution in [0.1, 0.15) is 24.8 Å². The number of aryl methyl sites for hydroxylation is 1. The van der Waals surface area contributed by atoms with Crippen LogP contribution in [0, 0.1) is 18.8 Å². The Bertz CT molecular complexity index is 582. The fourth-order valence-corrected chi connectivity index (χ4v) is 5.07. The summed E-state index contributed by atoms with van der Waals surface area (Å²) in [4.78, 5) is 0.398. The van der Waals surface area contributed by atoms with Crippen LogP contribution in [0.25, 0.3) is 0 Å². The van der Waals surface area contributed by atoms with Crippen LogP contribution in [0.4, 0.5) is 0 Å². The largest absolute Gasteiger partial charge is 0.327 e. The van der Waals surface area contributed by atoms with Gasteiger partial charge in [-0.3, -0.25) is 0 Å². The van der Waals surface area contributed by atoms with Crippen molar-refractivity contribution >= 4 is 10.0 Å². The zero-order chi connectivity index (χ0) is 14.3. The molecule has 1 aromatic carbocycles. The fourth-order valence-electron chi connectivity index (χ4n) is 3.53. The van der Waals surface area contributed by atoms with Crippen molar-refractivity contribution in [3.05, 3.63) is 29.8 Å². The van der Waals surface area contributed by atoms with Gasteiger partial charge in [-0.15, -0.1) is 0 Å². The molecular formula is C15H22N2O2S. The standard InChI is InChI=1S/C15H22N2O2S/c1-11-5-7-13(8-6-11)20(18,19)17-9-12-3-2-4-15(16)14(12)10-17/h5-8,12,14-15H,2-4,9-10,16H2,1H3. The first-order valence-electron chi connectivity index (χ1n) is 7.31. The Labute approximate surface area is 121 Å². The predicted molar refractivity (Wildman–Crippen MR) is 78.7 cm³/mol. The lowest BCUT2D eigenvalue weighted by Gasteiger charge is -2.29. The minimum Gasteiger partial charge on any atom is -0.327 e. The van der Waals surface area contributed by atoms with Crippen molar-refractivity contribution in [2.24, 2.45) is 17.6 Å². The Hall–Kier alpha value is -0.910. The number of sulfonamides is 1. The van der Waals surface area contributed by atoms with Gasteiger partial charge in [-0.2, -0.15) is 4.31 Å². The van der Waals surface area contributed by atoms with Gasteiger partial charge in [-0.25, -0.2) is 8.42 Å². The third kappa shape index (κ3) is 2.38. The molecule has 0 bridgehead atoms. The van der Waals surface area contributed by atoms with Crippen LogP contribution in [0.2, 0.25) is 0 Å². The molecular weight excluding hydrogens is 272 g/mol. The number of hydrogen-bond donors (Lipinski definition) is 1. The maximum Gasteiger partial charge on any atom is 0.243 e. The number of rotatable bonds is 2. The molecule has 1 aliphatic carbocycles. The van der Waals surface area contributed by atoms with E-state index in [2.05, 4.69) is 0 Å². The Morgan fingerprint density at radius 3 is 2.50 bits per heavy atom. The van der Waals surface area contributed by atoms with E-state index in [1.165, 1.54) is 0 Å². The molecule has 0 spiro atoms. The molecule has 1 aliphatic heterocycles. The number of nitrogens with zero attached hydrogens (tertiary/aromatic N) is 1. The van der Waals surface area contributed by atoms with Crippen molar-refractivity contribution in [3.8, 4) is 0 Å². The van der Waals surface area contributed by atoms with Crippen molar-refractivity contribution in [1.29, 1.82) is 0 Å². The smallest absolute Gasteiger partial charge is 0.243 e. The molecule has 1 heterocycles. The van der Waals surface area contributed by atoms with Gasteiger partial charge in [0.2, 0.25) is 10.0 Å². The molecule has 2 fully saturated rings. The lowest BCUT2D eigenvalue weighted by Crippen LogP contribution is -2.38. The summed E-state index contributed by atoms with van der Waals surface area (Å²) < 4.78 is 27.0. The molecule has 0 amide bonds. The molecule has 0 radical (unpaired) electrons. The zero-order valence-corrected chi connectivity index (χ0v) is 12.6. The first-order chi connectivity index (χ1) is 9.48. The van der Waals surface area contributed by atoms with Gasteiger partial charge in [0.05, 0.1) is 4.90 Å². The van der Waals surface area contributed by atoms with Crippen LogP contribution in [-0.2, 0) is 10.0 Å². The molecule has 5 heteroatoms. The molecule has 3 unspecified atom stereocenters. The molecule has 1 aromatic rings. The van der Waals surface area contributed by atoms with E-state index < -0.39 is 10.0 Å². The van der Waals surface area contributed by atoms with Crippen LogP contribution < -0.4 is 5.73 Å². The lowest BCUT2D eigenvalue weighted by molar-refractivity contribution is 0.260. The zero-order valence-electron chi connectivity index (χ0n) is 11.8. The normalized spacial score (nSPS) is 31.2. The second-order valence-electron chi connectivity index (χ2n) is 6.15. The summed E-state index contributed by atoms with van der Waals surface area (Å²) in [5.74, 6) is 0.781. The van der Waals surface area contributed by atoms with E-state index in [1.54, 1.807) is 16.4 Å². The molecule has 20 heavy (non-hydrogen) atoms. The highest BCUT2D eigenvalue weighted by molar-refractivity contribution is 7.89. The predicted octanol–water partition coefficient (Wildman–Crippen LogP) is 1.74. The van der Waals surface area contributed by atoms with Gasteiger partial charge in [0.1, 0.15) is 0 Å². The highest BCUT2D eigenvalue weighted by Crippen LogP contribution is 2.37. The van der Waals surface area contributed by atoms with Crippen molar-refractivity contribution in [2.75, 3.05) is 13.1 Å². The van der Waals surface area contributed by atoms with E-state index in [1.807, 2.05) is 19.1 Å². The summed E-state index contributed by atoms with van der Waals surface area (Å²) in [7, 11) is -3.36. The maximum absolute atomic E-state index is 12.7. The van der Waals surface area contributed by atoms with Gasteiger partial charge < -0.3 is 5.73 Å². The second-order valence-corrected chi connectivity index (χ2v) is 8.09. The minimum atomic E-state index is -3.36. The van der Waals surface area contributed by atoms with Gasteiger partial charge in [0.15, 0.2) is 0 Å². The van der Waals surface area contributed by atoms with Crippen LogP contribution >= 0.6 is 0 Å². The molecule has 3 rings (SSSR count). The summed E-state index contributed by atoms with van der Waals surface area (Å²) in [6.45, 7) is 3.18. The maximum atomic E-state index is 12.7. The van der Waals surface area contributed by atoms with E-state index in [-0.39, 0.29) is 6.04 Å². The summed E-state index contributed by atoms with van der Waals surface area (Å²) in [5, 5.41) is 0. The number of hydrogen-bond acceptors (Lipinski definition) is 3. The SMILES string of the molecule is Cc1ccc(S(=O)(=O)N2CC3CCCC(N)C3C2)cc1. The van der Waals surface area contributed by atoms with Gasteiger partial charge in [-0.1, -0.05) is 24.1 Å². The molecule has 1 saturated carbocycles. The number of nitrogens with two attached hydrogens (primary N) is 1. The Kier molecular flexibility index (Phi) is 3.60. The van der Waals surface area contributed by atoms with Crippen molar-refractivity contribution in [3.63, 3.8) is 0 Å². The van der Waals surface area contributed by atoms with Crippen LogP contribution in [0.3, 0.4) is 0 Å². The minimum absolute atomic E-state index is 0.159. The van der Waals surface area contributed by atoms with Gasteiger partial charge in [0, 0.05) is 19.1 Å². The monoisotopic (exact) mass is 294 g/mol. The Balaban J connectivity index is 1.84. The third-order valence-electron chi connectivity index (χ3n) is 4.78. The first-order valence-corrected chi connectivity index (χ1v) is 8.75. The summed E-state index contributed by atoms with van der Waals surface area (Å²) in [6.07, 6.45) is 3.26. The first kappa shape index (κ1) is 14.0. The average molecular weight is 294 g/mol. The fraction of sp³-hybridized carbons (Fsp3) is 0.600. The third-order valence-corrected chi connectivity index (χ3v) is 6.63. The van der Waals surface area contributed by atoms with Gasteiger partial charge >= 0.3 is 0 Å². The van der Waals surface area contributed by atoms with Crippen molar-refractivity contribution in [1.82, 2.24) is 4.31 Å². The van der Waals surface area contributed by atoms with Crippen molar-refractivity contribution in [2.45, 2.75) is 37.1 Å². The molecule has 2 N–H and O–H groups in total. The van der Waals surface area contributed by atoms with E-state index in [4.69, 9.17) is 5.73 Å². The lowest BCUT2D eigenvalue weighted by atomic mass is 9.78. The second kappa shape index (κ2) is 5.13.